The Balaban J connectivity index is 2.09. The van der Waals surface area contributed by atoms with Crippen molar-refractivity contribution in [3.8, 4) is 0 Å². The highest BCUT2D eigenvalue weighted by molar-refractivity contribution is 5.88. The molecule has 0 radical (unpaired) electrons. The van der Waals surface area contributed by atoms with E-state index in [1.54, 1.807) is 26.1 Å². The summed E-state index contributed by atoms with van der Waals surface area (Å²) in [5, 5.41) is 7.42. The molecule has 2 heterocycles. The Bertz CT molecular complexity index is 668. The molecule has 0 unspecified atom stereocenters. The molecule has 0 atom stereocenters. The predicted octanol–water partition coefficient (Wildman–Crippen LogP) is 1.46. The van der Waals surface area contributed by atoms with E-state index in [0.717, 1.165) is 18.8 Å². The molecule has 8 heteroatoms. The van der Waals surface area contributed by atoms with Gasteiger partial charge >= 0.3 is 5.97 Å². The fourth-order valence-corrected chi connectivity index (χ4v) is 1.94. The van der Waals surface area contributed by atoms with Crippen molar-refractivity contribution in [2.45, 2.75) is 20.4 Å². The molecule has 1 N–H and O–H groups in total. The topological polar surface area (TPSA) is 85.2 Å². The molecule has 0 spiro atoms. The van der Waals surface area contributed by atoms with Crippen LogP contribution in [0.1, 0.15) is 23.2 Å². The van der Waals surface area contributed by atoms with Gasteiger partial charge in [0.15, 0.2) is 5.69 Å². The monoisotopic (exact) mass is 318 g/mol. The van der Waals surface area contributed by atoms with Crippen LogP contribution < -0.4 is 5.32 Å². The van der Waals surface area contributed by atoms with Crippen LogP contribution in [0, 0.1) is 6.92 Å². The predicted molar refractivity (Wildman–Crippen MR) is 86.8 cm³/mol. The first-order valence-electron chi connectivity index (χ1n) is 7.45. The summed E-state index contributed by atoms with van der Waals surface area (Å²) in [4.78, 5) is 22.3. The number of hydrogen-bond acceptors (Lipinski definition) is 7. The van der Waals surface area contributed by atoms with Crippen LogP contribution >= 0.6 is 0 Å². The molecule has 124 valence electrons. The van der Waals surface area contributed by atoms with E-state index in [-0.39, 0.29) is 5.69 Å². The molecule has 0 saturated carbocycles. The van der Waals surface area contributed by atoms with Crippen molar-refractivity contribution in [2.24, 2.45) is 0 Å². The van der Waals surface area contributed by atoms with Gasteiger partial charge in [0.1, 0.15) is 11.6 Å². The summed E-state index contributed by atoms with van der Waals surface area (Å²) < 4.78 is 6.82. The third kappa shape index (κ3) is 5.03. The molecule has 0 bridgehead atoms. The average molecular weight is 318 g/mol. The number of esters is 1. The normalized spacial score (nSPS) is 10.8. The molecule has 0 aliphatic rings. The molecule has 0 fully saturated rings. The maximum Gasteiger partial charge on any atom is 0.357 e. The van der Waals surface area contributed by atoms with E-state index in [1.807, 2.05) is 25.0 Å². The Hall–Kier alpha value is -2.48. The Morgan fingerprint density at radius 1 is 1.39 bits per heavy atom. The fraction of sp³-hybridized carbons (Fsp3) is 0.467. The van der Waals surface area contributed by atoms with Crippen molar-refractivity contribution in [3.05, 3.63) is 30.0 Å². The second kappa shape index (κ2) is 7.68. The molecule has 0 amide bonds. The van der Waals surface area contributed by atoms with Crippen molar-refractivity contribution in [2.75, 3.05) is 32.6 Å². The van der Waals surface area contributed by atoms with Crippen molar-refractivity contribution >= 4 is 17.5 Å². The summed E-state index contributed by atoms with van der Waals surface area (Å²) in [6.07, 6.45) is 3.61. The first-order valence-corrected chi connectivity index (χ1v) is 7.45. The molecule has 8 nitrogen and oxygen atoms in total. The number of nitrogens with zero attached hydrogens (tertiary/aromatic N) is 5. The van der Waals surface area contributed by atoms with E-state index in [0.29, 0.717) is 18.2 Å². The number of anilines is 2. The molecular formula is C15H22N6O2. The number of likely N-dealkylation sites (N-methyl/N-ethyl adjacent to an activating group) is 1. The van der Waals surface area contributed by atoms with Crippen LogP contribution in [0.3, 0.4) is 0 Å². The summed E-state index contributed by atoms with van der Waals surface area (Å²) in [7, 11) is 4.03. The average Bonchev–Trinajstić information content (AvgIpc) is 2.92. The lowest BCUT2D eigenvalue weighted by molar-refractivity contribution is 0.0519. The van der Waals surface area contributed by atoms with E-state index in [2.05, 4.69) is 25.3 Å². The summed E-state index contributed by atoms with van der Waals surface area (Å²) >= 11 is 0. The second-order valence-corrected chi connectivity index (χ2v) is 5.33. The Morgan fingerprint density at radius 2 is 2.17 bits per heavy atom. The van der Waals surface area contributed by atoms with Gasteiger partial charge in [0, 0.05) is 18.8 Å². The lowest BCUT2D eigenvalue weighted by atomic mass is 10.3. The Morgan fingerprint density at radius 3 is 2.87 bits per heavy atom. The highest BCUT2D eigenvalue weighted by Gasteiger charge is 2.12. The number of hydrogen-bond donors (Lipinski definition) is 1. The fourth-order valence-electron chi connectivity index (χ4n) is 1.94. The van der Waals surface area contributed by atoms with E-state index < -0.39 is 5.97 Å². The molecule has 0 aliphatic carbocycles. The first kappa shape index (κ1) is 16.9. The van der Waals surface area contributed by atoms with E-state index in [9.17, 15) is 4.79 Å². The standard InChI is InChI=1S/C15H22N6O2/c1-5-23-15(22)13-8-14(18-11(2)17-13)19-12-9-16-21(10-12)7-6-20(3)4/h8-10H,5-7H2,1-4H3,(H,17,18,19). The van der Waals surface area contributed by atoms with Gasteiger partial charge in [0.2, 0.25) is 0 Å². The van der Waals surface area contributed by atoms with Crippen LogP contribution in [0.2, 0.25) is 0 Å². The molecular weight excluding hydrogens is 296 g/mol. The van der Waals surface area contributed by atoms with E-state index in [1.165, 1.54) is 0 Å². The highest BCUT2D eigenvalue weighted by Crippen LogP contribution is 2.15. The summed E-state index contributed by atoms with van der Waals surface area (Å²) in [5.41, 5.74) is 1.04. The van der Waals surface area contributed by atoms with Crippen LogP contribution in [0.15, 0.2) is 18.5 Å². The zero-order valence-electron chi connectivity index (χ0n) is 13.9. The lowest BCUT2D eigenvalue weighted by Crippen LogP contribution is -2.18. The highest BCUT2D eigenvalue weighted by atomic mass is 16.5. The smallest absolute Gasteiger partial charge is 0.357 e. The molecule has 0 aromatic carbocycles. The van der Waals surface area contributed by atoms with Gasteiger partial charge in [-0.15, -0.1) is 0 Å². The van der Waals surface area contributed by atoms with Crippen LogP contribution in [-0.4, -0.2) is 57.9 Å². The molecule has 0 saturated heterocycles. The Labute approximate surface area is 135 Å². The van der Waals surface area contributed by atoms with Crippen LogP contribution in [-0.2, 0) is 11.3 Å². The minimum absolute atomic E-state index is 0.238. The maximum absolute atomic E-state index is 11.8. The number of carbonyl (C=O) groups excluding carboxylic acids is 1. The molecule has 2 aromatic heterocycles. The number of aryl methyl sites for hydroxylation is 1. The summed E-state index contributed by atoms with van der Waals surface area (Å²) in [5.74, 6) is 0.577. The second-order valence-electron chi connectivity index (χ2n) is 5.33. The third-order valence-electron chi connectivity index (χ3n) is 3.00. The van der Waals surface area contributed by atoms with Crippen molar-refractivity contribution in [3.63, 3.8) is 0 Å². The number of ether oxygens (including phenoxy) is 1. The van der Waals surface area contributed by atoms with Gasteiger partial charge < -0.3 is 15.0 Å². The van der Waals surface area contributed by atoms with Crippen LogP contribution in [0.5, 0.6) is 0 Å². The lowest BCUT2D eigenvalue weighted by Gasteiger charge is -2.08. The van der Waals surface area contributed by atoms with Crippen molar-refractivity contribution < 1.29 is 9.53 Å². The van der Waals surface area contributed by atoms with Gasteiger partial charge in [-0.05, 0) is 27.9 Å². The third-order valence-corrected chi connectivity index (χ3v) is 3.00. The summed E-state index contributed by atoms with van der Waals surface area (Å²) in [6.45, 7) is 5.50. The van der Waals surface area contributed by atoms with Gasteiger partial charge in [-0.1, -0.05) is 0 Å². The van der Waals surface area contributed by atoms with Gasteiger partial charge in [0.25, 0.3) is 0 Å². The van der Waals surface area contributed by atoms with Gasteiger partial charge in [0.05, 0.1) is 25.0 Å². The van der Waals surface area contributed by atoms with Crippen LogP contribution in [0.4, 0.5) is 11.5 Å². The zero-order chi connectivity index (χ0) is 16.8. The minimum atomic E-state index is -0.456. The van der Waals surface area contributed by atoms with Crippen molar-refractivity contribution in [1.29, 1.82) is 0 Å². The van der Waals surface area contributed by atoms with Gasteiger partial charge in [-0.3, -0.25) is 4.68 Å². The molecule has 2 rings (SSSR count). The first-order chi connectivity index (χ1) is 11.0. The SMILES string of the molecule is CCOC(=O)c1cc(Nc2cnn(CCN(C)C)c2)nc(C)n1. The number of nitrogens with one attached hydrogen (secondary N) is 1. The largest absolute Gasteiger partial charge is 0.461 e. The number of aromatic nitrogens is 4. The van der Waals surface area contributed by atoms with Crippen molar-refractivity contribution in [1.82, 2.24) is 24.6 Å². The minimum Gasteiger partial charge on any atom is -0.461 e. The Kier molecular flexibility index (Phi) is 5.64. The molecule has 2 aromatic rings. The van der Waals surface area contributed by atoms with Gasteiger partial charge in [-0.25, -0.2) is 14.8 Å². The number of rotatable bonds is 7. The molecule has 0 aliphatic heterocycles. The summed E-state index contributed by atoms with van der Waals surface area (Å²) in [6, 6.07) is 1.57. The zero-order valence-corrected chi connectivity index (χ0v) is 13.9. The van der Waals surface area contributed by atoms with Crippen LogP contribution in [0.25, 0.3) is 0 Å². The molecule has 23 heavy (non-hydrogen) atoms. The van der Waals surface area contributed by atoms with E-state index >= 15 is 0 Å². The van der Waals surface area contributed by atoms with Gasteiger partial charge in [-0.2, -0.15) is 5.10 Å². The maximum atomic E-state index is 11.8. The quantitative estimate of drug-likeness (QED) is 0.774. The number of carbonyl (C=O) groups is 1. The van der Waals surface area contributed by atoms with E-state index in [4.69, 9.17) is 4.74 Å².